The second-order valence-corrected chi connectivity index (χ2v) is 7.70. The van der Waals surface area contributed by atoms with Crippen molar-refractivity contribution in [3.8, 4) is 0 Å². The van der Waals surface area contributed by atoms with E-state index in [1.54, 1.807) is 0 Å². The van der Waals surface area contributed by atoms with E-state index in [1.165, 1.54) is 12.8 Å². The molecular weight excluding hydrogens is 292 g/mol. The fourth-order valence-corrected chi connectivity index (χ4v) is 4.35. The normalized spacial score (nSPS) is 36.3. The highest BCUT2D eigenvalue weighted by atomic mass is 16.5. The Morgan fingerprint density at radius 3 is 2.70 bits per heavy atom. The van der Waals surface area contributed by atoms with Gasteiger partial charge in [0, 0.05) is 32.2 Å². The van der Waals surface area contributed by atoms with E-state index in [4.69, 9.17) is 9.47 Å². The van der Waals surface area contributed by atoms with Crippen molar-refractivity contribution in [3.05, 3.63) is 0 Å². The van der Waals surface area contributed by atoms with Crippen LogP contribution >= 0.6 is 0 Å². The molecule has 2 saturated heterocycles. The molecule has 1 amide bonds. The van der Waals surface area contributed by atoms with Gasteiger partial charge in [0.15, 0.2) is 0 Å². The quantitative estimate of drug-likeness (QED) is 0.790. The summed E-state index contributed by atoms with van der Waals surface area (Å²) in [6.45, 7) is 10.2. The summed E-state index contributed by atoms with van der Waals surface area (Å²) in [4.78, 5) is 17.0. The van der Waals surface area contributed by atoms with E-state index in [1.807, 2.05) is 4.90 Å². The third kappa shape index (κ3) is 4.46. The number of nitrogens with zero attached hydrogens (tertiary/aromatic N) is 2. The Balaban J connectivity index is 1.44. The number of hydrogen-bond donors (Lipinski definition) is 0. The van der Waals surface area contributed by atoms with Crippen LogP contribution in [0.25, 0.3) is 0 Å². The Bertz CT molecular complexity index is 398. The Morgan fingerprint density at radius 1 is 1.17 bits per heavy atom. The van der Waals surface area contributed by atoms with Gasteiger partial charge in [-0.3, -0.25) is 9.69 Å². The zero-order valence-corrected chi connectivity index (χ0v) is 14.7. The van der Waals surface area contributed by atoms with Gasteiger partial charge in [-0.2, -0.15) is 0 Å². The van der Waals surface area contributed by atoms with Gasteiger partial charge in [-0.15, -0.1) is 0 Å². The molecule has 0 bridgehead atoms. The smallest absolute Gasteiger partial charge is 0.248 e. The average molecular weight is 324 g/mol. The van der Waals surface area contributed by atoms with Crippen LogP contribution in [-0.2, 0) is 14.3 Å². The van der Waals surface area contributed by atoms with Gasteiger partial charge < -0.3 is 14.4 Å². The van der Waals surface area contributed by atoms with Gasteiger partial charge in [-0.25, -0.2) is 0 Å². The Morgan fingerprint density at radius 2 is 1.96 bits per heavy atom. The first kappa shape index (κ1) is 17.2. The molecule has 0 spiro atoms. The van der Waals surface area contributed by atoms with Crippen LogP contribution in [-0.4, -0.2) is 73.9 Å². The van der Waals surface area contributed by atoms with Crippen LogP contribution in [0.15, 0.2) is 0 Å². The summed E-state index contributed by atoms with van der Waals surface area (Å²) in [5.41, 5.74) is 0. The molecule has 5 heteroatoms. The number of rotatable bonds is 4. The summed E-state index contributed by atoms with van der Waals surface area (Å²) in [5, 5.41) is 0. The molecule has 23 heavy (non-hydrogen) atoms. The zero-order valence-electron chi connectivity index (χ0n) is 14.7. The lowest BCUT2D eigenvalue weighted by Gasteiger charge is -2.34. The average Bonchev–Trinajstić information content (AvgIpc) is 2.95. The summed E-state index contributed by atoms with van der Waals surface area (Å²) in [7, 11) is 0. The fourth-order valence-electron chi connectivity index (χ4n) is 4.35. The van der Waals surface area contributed by atoms with Crippen molar-refractivity contribution >= 4 is 5.91 Å². The van der Waals surface area contributed by atoms with E-state index in [0.29, 0.717) is 12.0 Å². The van der Waals surface area contributed by atoms with Crippen molar-refractivity contribution in [1.82, 2.24) is 9.80 Å². The molecule has 4 atom stereocenters. The third-order valence-corrected chi connectivity index (χ3v) is 5.77. The molecule has 3 fully saturated rings. The SMILES string of the molecule is CC1CCCC(OCC(=O)N2CC(C)C(N3CCOCC3)C2)C1. The summed E-state index contributed by atoms with van der Waals surface area (Å²) >= 11 is 0. The van der Waals surface area contributed by atoms with Crippen LogP contribution in [0.4, 0.5) is 0 Å². The van der Waals surface area contributed by atoms with Crippen molar-refractivity contribution in [2.24, 2.45) is 11.8 Å². The first-order valence-corrected chi connectivity index (χ1v) is 9.34. The van der Waals surface area contributed by atoms with Gasteiger partial charge in [0.2, 0.25) is 5.91 Å². The Labute approximate surface area is 140 Å². The molecule has 2 aliphatic heterocycles. The zero-order chi connectivity index (χ0) is 16.2. The van der Waals surface area contributed by atoms with Crippen molar-refractivity contribution < 1.29 is 14.3 Å². The minimum atomic E-state index is 0.172. The molecule has 132 valence electrons. The van der Waals surface area contributed by atoms with Crippen molar-refractivity contribution in [2.75, 3.05) is 46.0 Å². The molecule has 3 aliphatic rings. The molecule has 2 heterocycles. The molecule has 0 aromatic rings. The summed E-state index contributed by atoms with van der Waals surface area (Å²) in [6, 6.07) is 0.484. The summed E-state index contributed by atoms with van der Waals surface area (Å²) in [5.74, 6) is 1.44. The van der Waals surface area contributed by atoms with E-state index >= 15 is 0 Å². The van der Waals surface area contributed by atoms with Crippen LogP contribution in [0.5, 0.6) is 0 Å². The first-order chi connectivity index (χ1) is 11.1. The van der Waals surface area contributed by atoms with Gasteiger partial charge >= 0.3 is 0 Å². The molecule has 1 aliphatic carbocycles. The lowest BCUT2D eigenvalue weighted by Crippen LogP contribution is -2.47. The minimum absolute atomic E-state index is 0.172. The summed E-state index contributed by atoms with van der Waals surface area (Å²) in [6.07, 6.45) is 5.06. The Hall–Kier alpha value is -0.650. The highest BCUT2D eigenvalue weighted by Crippen LogP contribution is 2.26. The number of carbonyl (C=O) groups is 1. The maximum Gasteiger partial charge on any atom is 0.248 e. The molecular formula is C18H32N2O3. The van der Waals surface area contributed by atoms with E-state index < -0.39 is 0 Å². The van der Waals surface area contributed by atoms with Crippen LogP contribution in [0.3, 0.4) is 0 Å². The topological polar surface area (TPSA) is 42.0 Å². The number of likely N-dealkylation sites (tertiary alicyclic amines) is 1. The standard InChI is InChI=1S/C18H32N2O3/c1-14-4-3-5-16(10-14)23-13-18(21)20-11-15(2)17(12-20)19-6-8-22-9-7-19/h14-17H,3-13H2,1-2H3. The van der Waals surface area contributed by atoms with Gasteiger partial charge in [0.25, 0.3) is 0 Å². The van der Waals surface area contributed by atoms with Gasteiger partial charge in [0.1, 0.15) is 6.61 Å². The van der Waals surface area contributed by atoms with Crippen LogP contribution in [0.2, 0.25) is 0 Å². The third-order valence-electron chi connectivity index (χ3n) is 5.77. The molecule has 3 rings (SSSR count). The van der Waals surface area contributed by atoms with Gasteiger partial charge in [0.05, 0.1) is 19.3 Å². The molecule has 0 aromatic heterocycles. The first-order valence-electron chi connectivity index (χ1n) is 9.34. The monoisotopic (exact) mass is 324 g/mol. The minimum Gasteiger partial charge on any atom is -0.379 e. The lowest BCUT2D eigenvalue weighted by molar-refractivity contribution is -0.138. The second-order valence-electron chi connectivity index (χ2n) is 7.70. The number of morpholine rings is 1. The second kappa shape index (κ2) is 7.95. The number of ether oxygens (including phenoxy) is 2. The maximum absolute atomic E-state index is 12.5. The van der Waals surface area contributed by atoms with Crippen LogP contribution in [0, 0.1) is 11.8 Å². The Kier molecular flexibility index (Phi) is 5.94. The largest absolute Gasteiger partial charge is 0.379 e. The van der Waals surface area contributed by atoms with Crippen LogP contribution < -0.4 is 0 Å². The predicted octanol–water partition coefficient (Wildman–Crippen LogP) is 1.76. The molecule has 0 aromatic carbocycles. The lowest BCUT2D eigenvalue weighted by atomic mass is 9.89. The van der Waals surface area contributed by atoms with Crippen molar-refractivity contribution in [2.45, 2.75) is 51.7 Å². The van der Waals surface area contributed by atoms with Crippen molar-refractivity contribution in [3.63, 3.8) is 0 Å². The van der Waals surface area contributed by atoms with E-state index in [0.717, 1.165) is 58.2 Å². The molecule has 4 unspecified atom stereocenters. The fraction of sp³-hybridized carbons (Fsp3) is 0.944. The number of carbonyl (C=O) groups excluding carboxylic acids is 1. The summed E-state index contributed by atoms with van der Waals surface area (Å²) < 4.78 is 11.4. The highest BCUT2D eigenvalue weighted by molar-refractivity contribution is 5.77. The van der Waals surface area contributed by atoms with Gasteiger partial charge in [-0.05, 0) is 24.7 Å². The molecule has 0 N–H and O–H groups in total. The molecule has 1 saturated carbocycles. The van der Waals surface area contributed by atoms with Gasteiger partial charge in [-0.1, -0.05) is 26.7 Å². The number of hydrogen-bond acceptors (Lipinski definition) is 4. The predicted molar refractivity (Wildman–Crippen MR) is 89.3 cm³/mol. The molecule has 5 nitrogen and oxygen atoms in total. The number of amides is 1. The van der Waals surface area contributed by atoms with E-state index in [9.17, 15) is 4.79 Å². The maximum atomic E-state index is 12.5. The molecule has 0 radical (unpaired) electrons. The van der Waals surface area contributed by atoms with E-state index in [-0.39, 0.29) is 18.6 Å². The van der Waals surface area contributed by atoms with Crippen LogP contribution in [0.1, 0.15) is 39.5 Å². The highest BCUT2D eigenvalue weighted by Gasteiger charge is 2.36. The van der Waals surface area contributed by atoms with Crippen molar-refractivity contribution in [1.29, 1.82) is 0 Å². The van der Waals surface area contributed by atoms with E-state index in [2.05, 4.69) is 18.7 Å².